The molecule has 0 spiro atoms. The van der Waals surface area contributed by atoms with Gasteiger partial charge in [-0.25, -0.2) is 14.6 Å². The van der Waals surface area contributed by atoms with Crippen LogP contribution in [0.1, 0.15) is 0 Å². The fraction of sp³-hybridized carbons (Fsp3) is 0. The Morgan fingerprint density at radius 2 is 2.23 bits per heavy atom. The Morgan fingerprint density at radius 3 is 2.85 bits per heavy atom. The van der Waals surface area contributed by atoms with Crippen molar-refractivity contribution in [1.82, 2.24) is 19.7 Å². The third kappa shape index (κ3) is 1.80. The highest BCUT2D eigenvalue weighted by Crippen LogP contribution is 2.15. The lowest BCUT2D eigenvalue weighted by Gasteiger charge is -1.99. The van der Waals surface area contributed by atoms with Gasteiger partial charge in [-0.3, -0.25) is 0 Å². The summed E-state index contributed by atoms with van der Waals surface area (Å²) in [5.74, 6) is 0.597. The zero-order valence-corrected chi connectivity index (χ0v) is 9.27. The van der Waals surface area contributed by atoms with E-state index < -0.39 is 0 Å². The molecule has 2 heterocycles. The van der Waals surface area contributed by atoms with E-state index in [9.17, 15) is 0 Å². The zero-order valence-electron chi connectivity index (χ0n) is 6.35. The number of hydrogen-bond acceptors (Lipinski definition) is 3. The van der Waals surface area contributed by atoms with Crippen molar-refractivity contribution < 1.29 is 0 Å². The van der Waals surface area contributed by atoms with Gasteiger partial charge in [0.2, 0.25) is 0 Å². The predicted octanol–water partition coefficient (Wildman–Crippen LogP) is 1.92. The Bertz CT molecular complexity index is 428. The second-order valence-electron chi connectivity index (χ2n) is 2.30. The van der Waals surface area contributed by atoms with Gasteiger partial charge in [-0.15, -0.1) is 0 Å². The molecule has 0 bridgehead atoms. The normalized spacial score (nSPS) is 10.3. The van der Waals surface area contributed by atoms with Crippen LogP contribution in [-0.2, 0) is 0 Å². The van der Waals surface area contributed by atoms with Crippen molar-refractivity contribution >= 4 is 34.2 Å². The highest BCUT2D eigenvalue weighted by molar-refractivity contribution is 14.1. The second-order valence-corrected chi connectivity index (χ2v) is 3.95. The fourth-order valence-electron chi connectivity index (χ4n) is 0.891. The van der Waals surface area contributed by atoms with Crippen LogP contribution in [0.4, 0.5) is 0 Å². The Morgan fingerprint density at radius 1 is 1.38 bits per heavy atom. The average molecular weight is 306 g/mol. The summed E-state index contributed by atoms with van der Waals surface area (Å²) < 4.78 is 2.65. The first kappa shape index (κ1) is 8.89. The smallest absolute Gasteiger partial charge is 0.175 e. The van der Waals surface area contributed by atoms with E-state index in [1.54, 1.807) is 17.1 Å². The van der Waals surface area contributed by atoms with Crippen LogP contribution in [0.3, 0.4) is 0 Å². The van der Waals surface area contributed by atoms with Crippen LogP contribution in [0.5, 0.6) is 0 Å². The van der Waals surface area contributed by atoms with Crippen molar-refractivity contribution in [2.45, 2.75) is 0 Å². The van der Waals surface area contributed by atoms with Crippen LogP contribution in [0, 0.1) is 3.57 Å². The van der Waals surface area contributed by atoms with E-state index in [2.05, 4.69) is 37.7 Å². The van der Waals surface area contributed by atoms with E-state index in [-0.39, 0.29) is 0 Å². The van der Waals surface area contributed by atoms with Gasteiger partial charge in [-0.2, -0.15) is 5.10 Å². The molecule has 0 atom stereocenters. The molecule has 0 aliphatic carbocycles. The molecule has 0 aliphatic rings. The Balaban J connectivity index is 2.52. The van der Waals surface area contributed by atoms with Crippen molar-refractivity contribution in [2.24, 2.45) is 0 Å². The first-order valence-corrected chi connectivity index (χ1v) is 4.89. The number of aromatic nitrogens is 4. The van der Waals surface area contributed by atoms with Crippen LogP contribution >= 0.6 is 34.2 Å². The van der Waals surface area contributed by atoms with Gasteiger partial charge in [-0.05, 0) is 22.6 Å². The lowest BCUT2D eigenvalue weighted by atomic mass is 10.6. The minimum atomic E-state index is 0.488. The van der Waals surface area contributed by atoms with Crippen molar-refractivity contribution in [3.05, 3.63) is 33.5 Å². The summed E-state index contributed by atoms with van der Waals surface area (Å²) in [5.41, 5.74) is 0. The molecule has 0 radical (unpaired) electrons. The first-order valence-electron chi connectivity index (χ1n) is 3.43. The van der Waals surface area contributed by atoms with Gasteiger partial charge < -0.3 is 0 Å². The van der Waals surface area contributed by atoms with E-state index >= 15 is 0 Å². The number of hydrogen-bond donors (Lipinski definition) is 0. The van der Waals surface area contributed by atoms with Crippen LogP contribution in [0.2, 0.25) is 5.02 Å². The maximum absolute atomic E-state index is 5.88. The number of nitrogens with zero attached hydrogens (tertiary/aromatic N) is 4. The Hall–Kier alpha value is -0.690. The molecular weight excluding hydrogens is 302 g/mol. The number of halogens is 2. The van der Waals surface area contributed by atoms with Crippen molar-refractivity contribution in [3.63, 3.8) is 0 Å². The summed E-state index contributed by atoms with van der Waals surface area (Å²) in [4.78, 5) is 7.81. The molecule has 13 heavy (non-hydrogen) atoms. The monoisotopic (exact) mass is 306 g/mol. The lowest BCUT2D eigenvalue weighted by molar-refractivity contribution is 0.839. The molecule has 6 heteroatoms. The summed E-state index contributed by atoms with van der Waals surface area (Å²) in [5, 5.41) is 4.57. The molecule has 4 nitrogen and oxygen atoms in total. The maximum atomic E-state index is 5.88. The van der Waals surface area contributed by atoms with Gasteiger partial charge in [-0.1, -0.05) is 11.6 Å². The van der Waals surface area contributed by atoms with Gasteiger partial charge in [0.05, 0.1) is 16.0 Å². The Kier molecular flexibility index (Phi) is 2.45. The topological polar surface area (TPSA) is 43.6 Å². The molecule has 2 rings (SSSR count). The molecule has 0 fully saturated rings. The summed E-state index contributed by atoms with van der Waals surface area (Å²) in [6.07, 6.45) is 6.56. The largest absolute Gasteiger partial charge is 0.243 e. The average Bonchev–Trinajstić information content (AvgIpc) is 2.53. The van der Waals surface area contributed by atoms with E-state index in [1.165, 1.54) is 6.33 Å². The minimum Gasteiger partial charge on any atom is -0.243 e. The van der Waals surface area contributed by atoms with Gasteiger partial charge >= 0.3 is 0 Å². The molecule has 0 saturated heterocycles. The van der Waals surface area contributed by atoms with Gasteiger partial charge in [0, 0.05) is 6.20 Å². The minimum absolute atomic E-state index is 0.488. The van der Waals surface area contributed by atoms with E-state index in [0.717, 1.165) is 3.57 Å². The molecule has 2 aromatic rings. The summed E-state index contributed by atoms with van der Waals surface area (Å²) in [6, 6.07) is 0. The van der Waals surface area contributed by atoms with Gasteiger partial charge in [0.1, 0.15) is 11.3 Å². The third-order valence-corrected chi connectivity index (χ3v) is 2.24. The molecule has 0 N–H and O–H groups in total. The van der Waals surface area contributed by atoms with Gasteiger partial charge in [0.15, 0.2) is 5.82 Å². The zero-order chi connectivity index (χ0) is 9.26. The molecule has 66 valence electrons. The molecule has 0 amide bonds. The highest BCUT2D eigenvalue weighted by Gasteiger charge is 2.04. The van der Waals surface area contributed by atoms with E-state index in [1.807, 2.05) is 6.20 Å². The van der Waals surface area contributed by atoms with Crippen molar-refractivity contribution in [1.29, 1.82) is 0 Å². The highest BCUT2D eigenvalue weighted by atomic mass is 127. The summed E-state index contributed by atoms with van der Waals surface area (Å²) >= 11 is 8.05. The number of rotatable bonds is 1. The summed E-state index contributed by atoms with van der Waals surface area (Å²) in [6.45, 7) is 0. The standard InChI is InChI=1S/C7H4ClIN4/c8-6-2-10-4-11-7(6)13-3-5(9)1-12-13/h1-4H. The lowest BCUT2D eigenvalue weighted by Crippen LogP contribution is -1.98. The summed E-state index contributed by atoms with van der Waals surface area (Å²) in [7, 11) is 0. The molecule has 0 unspecified atom stereocenters. The van der Waals surface area contributed by atoms with Crippen LogP contribution in [0.25, 0.3) is 5.82 Å². The Labute approximate surface area is 93.1 Å². The predicted molar refractivity (Wildman–Crippen MR) is 56.9 cm³/mol. The quantitative estimate of drug-likeness (QED) is 0.756. The van der Waals surface area contributed by atoms with Crippen molar-refractivity contribution in [2.75, 3.05) is 0 Å². The van der Waals surface area contributed by atoms with Crippen molar-refractivity contribution in [3.8, 4) is 5.82 Å². The molecule has 0 aromatic carbocycles. The van der Waals surface area contributed by atoms with Crippen LogP contribution in [-0.4, -0.2) is 19.7 Å². The molecule has 2 aromatic heterocycles. The van der Waals surface area contributed by atoms with E-state index in [0.29, 0.717) is 10.8 Å². The molecular formula is C7H4ClIN4. The SMILES string of the molecule is Clc1cncnc1-n1cc(I)cn1. The fourth-order valence-corrected chi connectivity index (χ4v) is 1.47. The first-order chi connectivity index (χ1) is 6.27. The van der Waals surface area contributed by atoms with E-state index in [4.69, 9.17) is 11.6 Å². The molecule has 0 aliphatic heterocycles. The van der Waals surface area contributed by atoms with Gasteiger partial charge in [0.25, 0.3) is 0 Å². The third-order valence-electron chi connectivity index (χ3n) is 1.42. The maximum Gasteiger partial charge on any atom is 0.175 e. The second kappa shape index (κ2) is 3.59. The van der Waals surface area contributed by atoms with Crippen LogP contribution < -0.4 is 0 Å². The van der Waals surface area contributed by atoms with Crippen LogP contribution in [0.15, 0.2) is 24.9 Å². The molecule has 0 saturated carbocycles.